The number of nitrogens with zero attached hydrogens (tertiary/aromatic N) is 2. The van der Waals surface area contributed by atoms with Gasteiger partial charge in [-0.15, -0.1) is 11.3 Å². The molecule has 0 saturated carbocycles. The molecular weight excluding hydrogens is 344 g/mol. The van der Waals surface area contributed by atoms with Gasteiger partial charge in [-0.25, -0.2) is 13.4 Å². The van der Waals surface area contributed by atoms with Crippen LogP contribution in [-0.4, -0.2) is 42.3 Å². The third-order valence-electron chi connectivity index (χ3n) is 4.96. The summed E-state index contributed by atoms with van der Waals surface area (Å²) >= 11 is 1.64. The molecule has 5 nitrogen and oxygen atoms in total. The number of fused-ring (bicyclic) bond motifs is 1. The summed E-state index contributed by atoms with van der Waals surface area (Å²) in [6.07, 6.45) is 3.43. The van der Waals surface area contributed by atoms with E-state index >= 15 is 0 Å². The molecule has 0 radical (unpaired) electrons. The second-order valence-corrected chi connectivity index (χ2v) is 9.95. The second-order valence-electron chi connectivity index (χ2n) is 6.66. The lowest BCUT2D eigenvalue weighted by molar-refractivity contribution is -0.138. The minimum atomic E-state index is -3.04. The van der Waals surface area contributed by atoms with Crippen LogP contribution < -0.4 is 0 Å². The molecular formula is C17H20N2O3S2. The van der Waals surface area contributed by atoms with E-state index in [2.05, 4.69) is 6.07 Å². The Labute approximate surface area is 145 Å². The normalized spacial score (nSPS) is 26.8. The molecule has 1 amide bonds. The highest BCUT2D eigenvalue weighted by Crippen LogP contribution is 2.37. The fourth-order valence-corrected chi connectivity index (χ4v) is 6.56. The van der Waals surface area contributed by atoms with Crippen LogP contribution in [0.5, 0.6) is 0 Å². The SMILES string of the molecule is O=C([C@@H]1CCS(=O)(=O)C1)N1CCCC[C@@H]1c1nc2ccccc2s1. The average molecular weight is 364 g/mol. The van der Waals surface area contributed by atoms with Crippen molar-refractivity contribution in [1.29, 1.82) is 0 Å². The molecule has 2 aromatic rings. The van der Waals surface area contributed by atoms with Crippen LogP contribution in [0, 0.1) is 5.92 Å². The molecule has 2 aliphatic heterocycles. The maximum Gasteiger partial charge on any atom is 0.227 e. The molecule has 3 heterocycles. The summed E-state index contributed by atoms with van der Waals surface area (Å²) in [6, 6.07) is 8.01. The van der Waals surface area contributed by atoms with Gasteiger partial charge < -0.3 is 4.90 Å². The van der Waals surface area contributed by atoms with Crippen molar-refractivity contribution in [1.82, 2.24) is 9.88 Å². The van der Waals surface area contributed by atoms with E-state index in [1.54, 1.807) is 11.3 Å². The van der Waals surface area contributed by atoms with Crippen LogP contribution in [-0.2, 0) is 14.6 Å². The van der Waals surface area contributed by atoms with Crippen molar-refractivity contribution in [3.63, 3.8) is 0 Å². The summed E-state index contributed by atoms with van der Waals surface area (Å²) in [5, 5.41) is 0.977. The molecule has 4 rings (SSSR count). The number of thiazole rings is 1. The van der Waals surface area contributed by atoms with Crippen LogP contribution >= 0.6 is 11.3 Å². The van der Waals surface area contributed by atoms with Gasteiger partial charge in [-0.2, -0.15) is 0 Å². The van der Waals surface area contributed by atoms with Crippen molar-refractivity contribution >= 4 is 37.3 Å². The monoisotopic (exact) mass is 364 g/mol. The molecule has 0 bridgehead atoms. The van der Waals surface area contributed by atoms with E-state index < -0.39 is 9.84 Å². The van der Waals surface area contributed by atoms with Gasteiger partial charge in [0.15, 0.2) is 9.84 Å². The lowest BCUT2D eigenvalue weighted by atomic mass is 9.99. The fourth-order valence-electron chi connectivity index (χ4n) is 3.71. The average Bonchev–Trinajstić information content (AvgIpc) is 3.17. The third-order valence-corrected chi connectivity index (χ3v) is 7.87. The lowest BCUT2D eigenvalue weighted by Gasteiger charge is -2.36. The zero-order valence-electron chi connectivity index (χ0n) is 13.3. The molecule has 2 saturated heterocycles. The molecule has 0 spiro atoms. The van der Waals surface area contributed by atoms with Crippen molar-refractivity contribution < 1.29 is 13.2 Å². The van der Waals surface area contributed by atoms with Gasteiger partial charge in [-0.05, 0) is 37.8 Å². The number of hydrogen-bond acceptors (Lipinski definition) is 5. The summed E-state index contributed by atoms with van der Waals surface area (Å²) < 4.78 is 24.6. The van der Waals surface area contributed by atoms with Gasteiger partial charge in [-0.3, -0.25) is 4.79 Å². The van der Waals surface area contributed by atoms with Crippen molar-refractivity contribution in [2.24, 2.45) is 5.92 Å². The Morgan fingerprint density at radius 2 is 2.04 bits per heavy atom. The van der Waals surface area contributed by atoms with Crippen molar-refractivity contribution in [3.05, 3.63) is 29.3 Å². The van der Waals surface area contributed by atoms with E-state index in [0.29, 0.717) is 13.0 Å². The summed E-state index contributed by atoms with van der Waals surface area (Å²) in [7, 11) is -3.04. The molecule has 2 atom stereocenters. The first-order chi connectivity index (χ1) is 11.5. The van der Waals surface area contributed by atoms with Crippen LogP contribution in [0.1, 0.15) is 36.7 Å². The quantitative estimate of drug-likeness (QED) is 0.822. The second kappa shape index (κ2) is 6.11. The van der Waals surface area contributed by atoms with Crippen molar-refractivity contribution in [2.45, 2.75) is 31.7 Å². The molecule has 0 unspecified atom stereocenters. The molecule has 1 aromatic heterocycles. The zero-order chi connectivity index (χ0) is 16.7. The van der Waals surface area contributed by atoms with Gasteiger partial charge in [-0.1, -0.05) is 12.1 Å². The molecule has 1 aromatic carbocycles. The van der Waals surface area contributed by atoms with Gasteiger partial charge in [0.1, 0.15) is 5.01 Å². The van der Waals surface area contributed by atoms with Crippen molar-refractivity contribution in [2.75, 3.05) is 18.1 Å². The minimum Gasteiger partial charge on any atom is -0.333 e. The van der Waals surface area contributed by atoms with Gasteiger partial charge in [0.05, 0.1) is 33.7 Å². The van der Waals surface area contributed by atoms with E-state index in [4.69, 9.17) is 4.98 Å². The number of benzene rings is 1. The highest BCUT2D eigenvalue weighted by Gasteiger charge is 2.39. The zero-order valence-corrected chi connectivity index (χ0v) is 15.0. The first-order valence-electron chi connectivity index (χ1n) is 8.40. The minimum absolute atomic E-state index is 0.0000288. The predicted octanol–water partition coefficient (Wildman–Crippen LogP) is 2.78. The molecule has 24 heavy (non-hydrogen) atoms. The number of piperidine rings is 1. The van der Waals surface area contributed by atoms with Gasteiger partial charge in [0.2, 0.25) is 5.91 Å². The summed E-state index contributed by atoms with van der Waals surface area (Å²) in [6.45, 7) is 0.704. The number of carbonyl (C=O) groups is 1. The summed E-state index contributed by atoms with van der Waals surface area (Å²) in [4.78, 5) is 19.6. The molecule has 2 aliphatic rings. The Bertz CT molecular complexity index is 842. The van der Waals surface area contributed by atoms with E-state index in [-0.39, 0.29) is 29.4 Å². The van der Waals surface area contributed by atoms with E-state index in [1.807, 2.05) is 23.1 Å². The standard InChI is InChI=1S/C17H20N2O3S2/c20-17(12-8-10-24(21,22)11-12)19-9-4-3-6-14(19)16-18-13-5-1-2-7-15(13)23-16/h1-2,5,7,12,14H,3-4,6,8-11H2/t12-,14-/m1/s1. The Morgan fingerprint density at radius 1 is 1.21 bits per heavy atom. The first-order valence-corrected chi connectivity index (χ1v) is 11.0. The van der Waals surface area contributed by atoms with E-state index in [1.165, 1.54) is 0 Å². The number of amides is 1. The Hall–Kier alpha value is -1.47. The maximum absolute atomic E-state index is 12.9. The maximum atomic E-state index is 12.9. The van der Waals surface area contributed by atoms with Gasteiger partial charge in [0.25, 0.3) is 0 Å². The van der Waals surface area contributed by atoms with Crippen LogP contribution in [0.25, 0.3) is 10.2 Å². The highest BCUT2D eigenvalue weighted by atomic mass is 32.2. The number of carbonyl (C=O) groups excluding carboxylic acids is 1. The smallest absolute Gasteiger partial charge is 0.227 e. The number of rotatable bonds is 2. The summed E-state index contributed by atoms with van der Waals surface area (Å²) in [5.74, 6) is -0.220. The fraction of sp³-hybridized carbons (Fsp3) is 0.529. The number of para-hydroxylation sites is 1. The van der Waals surface area contributed by atoms with Gasteiger partial charge >= 0.3 is 0 Å². The predicted molar refractivity (Wildman–Crippen MR) is 94.7 cm³/mol. The number of likely N-dealkylation sites (tertiary alicyclic amines) is 1. The molecule has 7 heteroatoms. The van der Waals surface area contributed by atoms with Crippen LogP contribution in [0.15, 0.2) is 24.3 Å². The van der Waals surface area contributed by atoms with Crippen LogP contribution in [0.3, 0.4) is 0 Å². The number of hydrogen-bond donors (Lipinski definition) is 0. The molecule has 0 N–H and O–H groups in total. The molecule has 0 aliphatic carbocycles. The first kappa shape index (κ1) is 16.0. The topological polar surface area (TPSA) is 67.3 Å². The number of sulfone groups is 1. The van der Waals surface area contributed by atoms with Crippen molar-refractivity contribution in [3.8, 4) is 0 Å². The van der Waals surface area contributed by atoms with E-state index in [0.717, 1.165) is 34.5 Å². The Kier molecular flexibility index (Phi) is 4.08. The van der Waals surface area contributed by atoms with Crippen LogP contribution in [0.2, 0.25) is 0 Å². The van der Waals surface area contributed by atoms with Gasteiger partial charge in [0, 0.05) is 6.54 Å². The highest BCUT2D eigenvalue weighted by molar-refractivity contribution is 7.91. The van der Waals surface area contributed by atoms with E-state index in [9.17, 15) is 13.2 Å². The Balaban J connectivity index is 1.62. The lowest BCUT2D eigenvalue weighted by Crippen LogP contribution is -2.42. The third kappa shape index (κ3) is 2.95. The molecule has 128 valence electrons. The Morgan fingerprint density at radius 3 is 2.79 bits per heavy atom. The summed E-state index contributed by atoms with van der Waals surface area (Å²) in [5.41, 5.74) is 0.971. The van der Waals surface area contributed by atoms with Crippen LogP contribution in [0.4, 0.5) is 0 Å². The largest absolute Gasteiger partial charge is 0.333 e. The molecule has 2 fully saturated rings. The number of aromatic nitrogens is 1.